The van der Waals surface area contributed by atoms with Crippen molar-refractivity contribution in [3.8, 4) is 0 Å². The van der Waals surface area contributed by atoms with Crippen molar-refractivity contribution in [1.82, 2.24) is 24.9 Å². The highest BCUT2D eigenvalue weighted by atomic mass is 127. The summed E-state index contributed by atoms with van der Waals surface area (Å²) in [6.45, 7) is 7.62. The lowest BCUT2D eigenvalue weighted by molar-refractivity contribution is 0.238. The molecule has 0 radical (unpaired) electrons. The Labute approximate surface area is 194 Å². The second-order valence-corrected chi connectivity index (χ2v) is 7.86. The number of halogens is 1. The molecule has 0 saturated heterocycles. The molecule has 6 nitrogen and oxygen atoms in total. The predicted molar refractivity (Wildman–Crippen MR) is 133 cm³/mol. The molecular weight excluding hydrogens is 495 g/mol. The average Bonchev–Trinajstić information content (AvgIpc) is 3.28. The predicted octanol–water partition coefficient (Wildman–Crippen LogP) is 3.98. The molecule has 1 aromatic carbocycles. The van der Waals surface area contributed by atoms with Crippen LogP contribution in [0.3, 0.4) is 0 Å². The van der Waals surface area contributed by atoms with Gasteiger partial charge in [-0.25, -0.2) is 9.98 Å². The number of nitrogens with zero attached hydrogens (tertiary/aromatic N) is 4. The van der Waals surface area contributed by atoms with Crippen LogP contribution in [0.25, 0.3) is 4.96 Å². The van der Waals surface area contributed by atoms with Crippen molar-refractivity contribution in [3.05, 3.63) is 59.4 Å². The number of fused-ring (bicyclic) bond motifs is 1. The zero-order valence-corrected chi connectivity index (χ0v) is 20.5. The maximum atomic E-state index is 4.68. The highest BCUT2D eigenvalue weighted by Crippen LogP contribution is 2.12. The van der Waals surface area contributed by atoms with Crippen LogP contribution in [0.1, 0.15) is 31.5 Å². The van der Waals surface area contributed by atoms with Gasteiger partial charge in [0.2, 0.25) is 0 Å². The smallest absolute Gasteiger partial charge is 0.193 e. The van der Waals surface area contributed by atoms with Crippen molar-refractivity contribution in [2.24, 2.45) is 4.99 Å². The number of rotatable bonds is 9. The number of hydrogen-bond donors (Lipinski definition) is 2. The molecule has 0 aliphatic heterocycles. The van der Waals surface area contributed by atoms with Crippen LogP contribution < -0.4 is 10.6 Å². The van der Waals surface area contributed by atoms with Crippen LogP contribution >= 0.6 is 35.3 Å². The number of aliphatic imine (C=N–C) groups is 1. The van der Waals surface area contributed by atoms with Gasteiger partial charge in [0, 0.05) is 43.4 Å². The Morgan fingerprint density at radius 2 is 2.07 bits per heavy atom. The first-order valence-electron chi connectivity index (χ1n) is 9.83. The summed E-state index contributed by atoms with van der Waals surface area (Å²) in [5.41, 5.74) is 2.33. The molecule has 0 spiro atoms. The lowest BCUT2D eigenvalue weighted by Gasteiger charge is -2.25. The molecule has 8 heteroatoms. The minimum atomic E-state index is 0. The molecule has 158 valence electrons. The largest absolute Gasteiger partial charge is 0.357 e. The van der Waals surface area contributed by atoms with Gasteiger partial charge in [-0.05, 0) is 32.9 Å². The summed E-state index contributed by atoms with van der Waals surface area (Å²) in [7, 11) is 2.18. The highest BCUT2D eigenvalue weighted by molar-refractivity contribution is 14.0. The van der Waals surface area contributed by atoms with E-state index < -0.39 is 0 Å². The minimum Gasteiger partial charge on any atom is -0.357 e. The van der Waals surface area contributed by atoms with E-state index >= 15 is 0 Å². The van der Waals surface area contributed by atoms with Crippen molar-refractivity contribution in [1.29, 1.82) is 0 Å². The van der Waals surface area contributed by atoms with E-state index in [1.807, 2.05) is 22.2 Å². The van der Waals surface area contributed by atoms with Gasteiger partial charge in [-0.2, -0.15) is 0 Å². The molecule has 0 saturated carbocycles. The number of guanidine groups is 1. The van der Waals surface area contributed by atoms with Crippen LogP contribution in [0.4, 0.5) is 0 Å². The summed E-state index contributed by atoms with van der Waals surface area (Å²) in [5.74, 6) is 0.844. The first-order valence-corrected chi connectivity index (χ1v) is 10.7. The van der Waals surface area contributed by atoms with Crippen LogP contribution in [0.15, 0.2) is 53.1 Å². The summed E-state index contributed by atoms with van der Waals surface area (Å²) in [6.07, 6.45) is 5.12. The third kappa shape index (κ3) is 7.27. The Kier molecular flexibility index (Phi) is 9.89. The molecule has 3 aromatic rings. The number of aromatic nitrogens is 2. The van der Waals surface area contributed by atoms with Gasteiger partial charge in [0.1, 0.15) is 0 Å². The second kappa shape index (κ2) is 12.1. The van der Waals surface area contributed by atoms with Crippen LogP contribution in [0.2, 0.25) is 0 Å². The Hall–Kier alpha value is -1.65. The maximum absolute atomic E-state index is 4.68. The zero-order valence-electron chi connectivity index (χ0n) is 17.3. The van der Waals surface area contributed by atoms with Gasteiger partial charge in [-0.3, -0.25) is 9.30 Å². The number of imidazole rings is 1. The summed E-state index contributed by atoms with van der Waals surface area (Å²) in [5, 5.41) is 8.80. The standard InChI is InChI=1S/C21H30N6S.HI/c1-4-22-20(24-14-19-16-27-12-13-28-21(27)25-19)23-11-10-17(2)26(3)15-18-8-6-5-7-9-18;/h5-9,12-13,16-17H,4,10-11,14-15H2,1-3H3,(H2,22,23,24);1H. The Morgan fingerprint density at radius 1 is 1.28 bits per heavy atom. The fourth-order valence-electron chi connectivity index (χ4n) is 3.00. The number of benzene rings is 1. The second-order valence-electron chi connectivity index (χ2n) is 6.99. The molecule has 0 aliphatic carbocycles. The van der Waals surface area contributed by atoms with Crippen molar-refractivity contribution < 1.29 is 0 Å². The number of hydrogen-bond acceptors (Lipinski definition) is 4. The lowest BCUT2D eigenvalue weighted by atomic mass is 10.1. The van der Waals surface area contributed by atoms with Crippen molar-refractivity contribution in [2.45, 2.75) is 39.4 Å². The molecule has 2 heterocycles. The highest BCUT2D eigenvalue weighted by Gasteiger charge is 2.10. The van der Waals surface area contributed by atoms with E-state index in [-0.39, 0.29) is 24.0 Å². The molecule has 1 unspecified atom stereocenters. The Morgan fingerprint density at radius 3 is 2.79 bits per heavy atom. The van der Waals surface area contributed by atoms with E-state index in [0.29, 0.717) is 12.6 Å². The van der Waals surface area contributed by atoms with E-state index in [9.17, 15) is 0 Å². The lowest BCUT2D eigenvalue weighted by Crippen LogP contribution is -2.40. The zero-order chi connectivity index (χ0) is 19.8. The quantitative estimate of drug-likeness (QED) is 0.252. The number of nitrogens with one attached hydrogen (secondary N) is 2. The van der Waals surface area contributed by atoms with Gasteiger partial charge in [0.05, 0.1) is 12.2 Å². The first-order chi connectivity index (χ1) is 13.7. The van der Waals surface area contributed by atoms with Gasteiger partial charge in [0.15, 0.2) is 10.9 Å². The summed E-state index contributed by atoms with van der Waals surface area (Å²) in [4.78, 5) is 12.7. The Balaban J connectivity index is 0.00000300. The van der Waals surface area contributed by atoms with Crippen LogP contribution in [-0.2, 0) is 13.1 Å². The van der Waals surface area contributed by atoms with Gasteiger partial charge in [-0.15, -0.1) is 35.3 Å². The van der Waals surface area contributed by atoms with E-state index in [1.54, 1.807) is 11.3 Å². The molecule has 1 atom stereocenters. The van der Waals surface area contributed by atoms with Gasteiger partial charge < -0.3 is 10.6 Å². The summed E-state index contributed by atoms with van der Waals surface area (Å²) < 4.78 is 2.04. The van der Waals surface area contributed by atoms with Gasteiger partial charge in [0.25, 0.3) is 0 Å². The monoisotopic (exact) mass is 526 g/mol. The fraction of sp³-hybridized carbons (Fsp3) is 0.429. The summed E-state index contributed by atoms with van der Waals surface area (Å²) >= 11 is 1.64. The van der Waals surface area contributed by atoms with E-state index in [1.165, 1.54) is 5.56 Å². The molecule has 29 heavy (non-hydrogen) atoms. The molecule has 3 rings (SSSR count). The third-order valence-corrected chi connectivity index (χ3v) is 5.54. The van der Waals surface area contributed by atoms with Gasteiger partial charge in [-0.1, -0.05) is 30.3 Å². The maximum Gasteiger partial charge on any atom is 0.193 e. The third-order valence-electron chi connectivity index (χ3n) is 4.77. The average molecular weight is 526 g/mol. The topological polar surface area (TPSA) is 57.0 Å². The SMILES string of the molecule is CCNC(=NCc1cn2ccsc2n1)NCCC(C)N(C)Cc1ccccc1.I. The minimum absolute atomic E-state index is 0. The van der Waals surface area contributed by atoms with E-state index in [2.05, 4.69) is 76.7 Å². The van der Waals surface area contributed by atoms with E-state index in [0.717, 1.165) is 42.7 Å². The van der Waals surface area contributed by atoms with Crippen LogP contribution in [0, 0.1) is 0 Å². The molecule has 0 aliphatic rings. The fourth-order valence-corrected chi connectivity index (χ4v) is 3.72. The molecule has 0 amide bonds. The van der Waals surface area contributed by atoms with Crippen LogP contribution in [-0.4, -0.2) is 46.4 Å². The van der Waals surface area contributed by atoms with Gasteiger partial charge >= 0.3 is 0 Å². The molecule has 0 fully saturated rings. The normalized spacial score (nSPS) is 12.8. The van der Waals surface area contributed by atoms with Crippen molar-refractivity contribution >= 4 is 46.2 Å². The molecule has 2 N–H and O–H groups in total. The van der Waals surface area contributed by atoms with Crippen molar-refractivity contribution in [2.75, 3.05) is 20.1 Å². The summed E-state index contributed by atoms with van der Waals surface area (Å²) in [6, 6.07) is 11.1. The first kappa shape index (κ1) is 23.6. The molecule has 2 aromatic heterocycles. The Bertz CT molecular complexity index is 847. The van der Waals surface area contributed by atoms with Crippen molar-refractivity contribution in [3.63, 3.8) is 0 Å². The van der Waals surface area contributed by atoms with E-state index in [4.69, 9.17) is 0 Å². The molecular formula is C21H31IN6S. The molecule has 0 bridgehead atoms. The number of thiazole rings is 1. The van der Waals surface area contributed by atoms with Crippen LogP contribution in [0.5, 0.6) is 0 Å².